The summed E-state index contributed by atoms with van der Waals surface area (Å²) in [5.41, 5.74) is 10.9. The van der Waals surface area contributed by atoms with E-state index in [0.29, 0.717) is 13.1 Å². The number of nitrogens with two attached hydrogens (primary N) is 2. The van der Waals surface area contributed by atoms with Crippen molar-refractivity contribution in [3.63, 3.8) is 0 Å². The Kier molecular flexibility index (Phi) is 5.52. The molecule has 0 radical (unpaired) electrons. The molecule has 0 aliphatic carbocycles. The number of hydrogen-bond acceptors (Lipinski definition) is 4. The van der Waals surface area contributed by atoms with Gasteiger partial charge >= 0.3 is 0 Å². The van der Waals surface area contributed by atoms with Gasteiger partial charge in [-0.2, -0.15) is 0 Å². The maximum atomic E-state index is 14.0. The van der Waals surface area contributed by atoms with E-state index in [-0.39, 0.29) is 29.4 Å². The Labute approximate surface area is 123 Å². The van der Waals surface area contributed by atoms with Crippen molar-refractivity contribution in [3.8, 4) is 0 Å². The van der Waals surface area contributed by atoms with Crippen molar-refractivity contribution < 1.29 is 14.0 Å². The summed E-state index contributed by atoms with van der Waals surface area (Å²) in [6, 6.07) is 2.30. The zero-order chi connectivity index (χ0) is 16.2. The van der Waals surface area contributed by atoms with Crippen molar-refractivity contribution >= 4 is 23.2 Å². The van der Waals surface area contributed by atoms with E-state index >= 15 is 0 Å². The minimum absolute atomic E-state index is 0.000714. The third-order valence-corrected chi connectivity index (χ3v) is 3.28. The van der Waals surface area contributed by atoms with Crippen molar-refractivity contribution in [2.75, 3.05) is 37.3 Å². The Morgan fingerprint density at radius 2 is 1.81 bits per heavy atom. The molecule has 0 aliphatic heterocycles. The van der Waals surface area contributed by atoms with Gasteiger partial charge in [0.15, 0.2) is 0 Å². The van der Waals surface area contributed by atoms with Crippen LogP contribution in [0.4, 0.5) is 15.8 Å². The molecule has 0 unspecified atom stereocenters. The summed E-state index contributed by atoms with van der Waals surface area (Å²) in [6.07, 6.45) is 0. The van der Waals surface area contributed by atoms with Crippen LogP contribution in [0.15, 0.2) is 12.1 Å². The van der Waals surface area contributed by atoms with Gasteiger partial charge in [-0.05, 0) is 26.0 Å². The molecule has 0 heterocycles. The molecule has 4 N–H and O–H groups in total. The smallest absolute Gasteiger partial charge is 0.250 e. The first-order valence-electron chi connectivity index (χ1n) is 6.69. The third kappa shape index (κ3) is 3.84. The summed E-state index contributed by atoms with van der Waals surface area (Å²) in [5.74, 6) is -1.47. The number of likely N-dealkylation sites (N-methyl/N-ethyl adjacent to an activating group) is 2. The summed E-state index contributed by atoms with van der Waals surface area (Å²) in [5, 5.41) is 0. The van der Waals surface area contributed by atoms with Gasteiger partial charge in [-0.1, -0.05) is 0 Å². The summed E-state index contributed by atoms with van der Waals surface area (Å²) in [4.78, 5) is 26.4. The fourth-order valence-electron chi connectivity index (χ4n) is 2.05. The molecule has 0 atom stereocenters. The number of anilines is 2. The molecule has 7 heteroatoms. The Morgan fingerprint density at radius 3 is 2.29 bits per heavy atom. The van der Waals surface area contributed by atoms with Crippen molar-refractivity contribution in [1.29, 1.82) is 0 Å². The number of carbonyl (C=O) groups excluding carboxylic acids is 2. The normalized spacial score (nSPS) is 10.3. The second kappa shape index (κ2) is 6.92. The van der Waals surface area contributed by atoms with Gasteiger partial charge in [0, 0.05) is 25.8 Å². The molecular formula is C14H21FN4O2. The van der Waals surface area contributed by atoms with E-state index in [1.54, 1.807) is 11.9 Å². The van der Waals surface area contributed by atoms with E-state index in [9.17, 15) is 14.0 Å². The lowest BCUT2D eigenvalue weighted by Crippen LogP contribution is -2.39. The lowest BCUT2D eigenvalue weighted by atomic mass is 10.1. The Bertz CT molecular complexity index is 544. The molecule has 0 saturated heterocycles. The predicted octanol–water partition coefficient (Wildman–Crippen LogP) is 0.811. The first-order chi connectivity index (χ1) is 9.81. The van der Waals surface area contributed by atoms with Gasteiger partial charge < -0.3 is 21.3 Å². The average molecular weight is 296 g/mol. The molecule has 1 aromatic carbocycles. The summed E-state index contributed by atoms with van der Waals surface area (Å²) < 4.78 is 14.0. The number of nitrogens with zero attached hydrogens (tertiary/aromatic N) is 2. The number of rotatable bonds is 6. The first kappa shape index (κ1) is 16.7. The van der Waals surface area contributed by atoms with E-state index in [1.165, 1.54) is 11.0 Å². The van der Waals surface area contributed by atoms with Crippen LogP contribution in [0.5, 0.6) is 0 Å². The van der Waals surface area contributed by atoms with Crippen LogP contribution in [0.25, 0.3) is 0 Å². The highest BCUT2D eigenvalue weighted by Gasteiger charge is 2.18. The molecule has 0 spiro atoms. The quantitative estimate of drug-likeness (QED) is 0.760. The van der Waals surface area contributed by atoms with Crippen LogP contribution in [0.1, 0.15) is 24.2 Å². The second-order valence-electron chi connectivity index (χ2n) is 4.68. The van der Waals surface area contributed by atoms with Crippen LogP contribution >= 0.6 is 0 Å². The highest BCUT2D eigenvalue weighted by Crippen LogP contribution is 2.24. The molecule has 21 heavy (non-hydrogen) atoms. The van der Waals surface area contributed by atoms with E-state index in [4.69, 9.17) is 11.5 Å². The van der Waals surface area contributed by atoms with Gasteiger partial charge in [-0.3, -0.25) is 9.59 Å². The second-order valence-corrected chi connectivity index (χ2v) is 4.68. The number of carbonyl (C=O) groups is 2. The summed E-state index contributed by atoms with van der Waals surface area (Å²) >= 11 is 0. The lowest BCUT2D eigenvalue weighted by molar-refractivity contribution is -0.129. The molecule has 0 fully saturated rings. The van der Waals surface area contributed by atoms with Gasteiger partial charge in [0.25, 0.3) is 5.91 Å². The molecule has 1 aromatic rings. The highest BCUT2D eigenvalue weighted by atomic mass is 19.1. The van der Waals surface area contributed by atoms with Crippen LogP contribution in [-0.2, 0) is 4.79 Å². The average Bonchev–Trinajstić information content (AvgIpc) is 2.39. The van der Waals surface area contributed by atoms with Crippen LogP contribution in [-0.4, -0.2) is 43.4 Å². The van der Waals surface area contributed by atoms with Gasteiger partial charge in [0.2, 0.25) is 5.91 Å². The minimum Gasteiger partial charge on any atom is -0.398 e. The van der Waals surface area contributed by atoms with Gasteiger partial charge in [0.05, 0.1) is 17.8 Å². The fraction of sp³-hybridized carbons (Fsp3) is 0.429. The van der Waals surface area contributed by atoms with E-state index < -0.39 is 11.7 Å². The molecule has 2 amide bonds. The molecule has 0 aromatic heterocycles. The zero-order valence-corrected chi connectivity index (χ0v) is 12.5. The highest BCUT2D eigenvalue weighted by molar-refractivity contribution is 5.99. The van der Waals surface area contributed by atoms with Crippen LogP contribution in [0.2, 0.25) is 0 Å². The topological polar surface area (TPSA) is 92.7 Å². The van der Waals surface area contributed by atoms with Crippen LogP contribution in [0.3, 0.4) is 0 Å². The van der Waals surface area contributed by atoms with E-state index in [1.807, 2.05) is 13.8 Å². The summed E-state index contributed by atoms with van der Waals surface area (Å²) in [7, 11) is 1.57. The zero-order valence-electron chi connectivity index (χ0n) is 12.5. The largest absolute Gasteiger partial charge is 0.398 e. The van der Waals surface area contributed by atoms with Gasteiger partial charge in [0.1, 0.15) is 5.82 Å². The van der Waals surface area contributed by atoms with Crippen LogP contribution in [0, 0.1) is 5.82 Å². The first-order valence-corrected chi connectivity index (χ1v) is 6.69. The van der Waals surface area contributed by atoms with E-state index in [0.717, 1.165) is 6.07 Å². The van der Waals surface area contributed by atoms with Crippen molar-refractivity contribution in [1.82, 2.24) is 4.90 Å². The molecule has 0 aliphatic rings. The number of amides is 2. The minimum atomic E-state index is -0.739. The van der Waals surface area contributed by atoms with E-state index in [2.05, 4.69) is 0 Å². The molecular weight excluding hydrogens is 275 g/mol. The molecule has 116 valence electrons. The standard InChI is InChI=1S/C14H21FN4O2/c1-4-19(5-2)13(20)8-18(3)12-6-9(14(17)21)11(16)7-10(12)15/h6-7H,4-5,8,16H2,1-3H3,(H2,17,21). The number of hydrogen-bond donors (Lipinski definition) is 2. The maximum absolute atomic E-state index is 14.0. The fourth-order valence-corrected chi connectivity index (χ4v) is 2.05. The number of benzene rings is 1. The van der Waals surface area contributed by atoms with Crippen LogP contribution < -0.4 is 16.4 Å². The number of nitrogen functional groups attached to an aromatic ring is 1. The Hall–Kier alpha value is -2.31. The van der Waals surface area contributed by atoms with Gasteiger partial charge in [-0.15, -0.1) is 0 Å². The van der Waals surface area contributed by atoms with Gasteiger partial charge in [-0.25, -0.2) is 4.39 Å². The Balaban J connectivity index is 3.02. The third-order valence-electron chi connectivity index (χ3n) is 3.28. The van der Waals surface area contributed by atoms with Crippen molar-refractivity contribution in [2.45, 2.75) is 13.8 Å². The monoisotopic (exact) mass is 296 g/mol. The molecule has 0 saturated carbocycles. The number of primary amides is 1. The SMILES string of the molecule is CCN(CC)C(=O)CN(C)c1cc(C(N)=O)c(N)cc1F. The lowest BCUT2D eigenvalue weighted by Gasteiger charge is -2.25. The molecule has 0 bridgehead atoms. The number of halogens is 1. The van der Waals surface area contributed by atoms with Crippen molar-refractivity contribution in [2.24, 2.45) is 5.73 Å². The summed E-state index contributed by atoms with van der Waals surface area (Å²) in [6.45, 7) is 4.91. The Morgan fingerprint density at radius 1 is 1.24 bits per heavy atom. The molecule has 6 nitrogen and oxygen atoms in total. The predicted molar refractivity (Wildman–Crippen MR) is 80.5 cm³/mol. The maximum Gasteiger partial charge on any atom is 0.250 e. The van der Waals surface area contributed by atoms with Crippen molar-refractivity contribution in [3.05, 3.63) is 23.5 Å². The molecule has 1 rings (SSSR count).